The van der Waals surface area contributed by atoms with Crippen molar-refractivity contribution in [1.82, 2.24) is 9.55 Å². The zero-order valence-corrected chi connectivity index (χ0v) is 19.0. The Morgan fingerprint density at radius 1 is 1.00 bits per heavy atom. The molecule has 7 heteroatoms. The molecule has 6 N–H and O–H groups in total. The smallest absolute Gasteiger partial charge is 0.259 e. The first kappa shape index (κ1) is 22.9. The molecule has 4 rings (SSSR count). The summed E-state index contributed by atoms with van der Waals surface area (Å²) in [6.07, 6.45) is 0.340. The van der Waals surface area contributed by atoms with E-state index in [4.69, 9.17) is 16.9 Å². The largest absolute Gasteiger partial charge is 0.392 e. The highest BCUT2D eigenvalue weighted by Crippen LogP contribution is 2.24. The summed E-state index contributed by atoms with van der Waals surface area (Å²) in [5.41, 5.74) is 17.2. The number of nitrogens with one attached hydrogen (secondary N) is 1. The molecule has 0 radical (unpaired) electrons. The number of rotatable bonds is 7. The van der Waals surface area contributed by atoms with Gasteiger partial charge >= 0.3 is 0 Å². The van der Waals surface area contributed by atoms with Crippen LogP contribution >= 0.6 is 0 Å². The number of aromatic nitrogens is 2. The number of nitrogens with zero attached hydrogens (tertiary/aromatic N) is 2. The number of hydrogen-bond acceptors (Lipinski definition) is 5. The van der Waals surface area contributed by atoms with Crippen molar-refractivity contribution in [2.24, 2.45) is 5.73 Å². The third kappa shape index (κ3) is 4.74. The Labute approximate surface area is 197 Å². The van der Waals surface area contributed by atoms with Crippen LogP contribution in [0.4, 0.5) is 5.82 Å². The van der Waals surface area contributed by atoms with Gasteiger partial charge in [-0.3, -0.25) is 14.8 Å². The Morgan fingerprint density at radius 3 is 2.41 bits per heavy atom. The second-order valence-electron chi connectivity index (χ2n) is 8.23. The van der Waals surface area contributed by atoms with E-state index in [0.29, 0.717) is 29.9 Å². The predicted octanol–water partition coefficient (Wildman–Crippen LogP) is 3.22. The molecule has 0 fully saturated rings. The summed E-state index contributed by atoms with van der Waals surface area (Å²) < 4.78 is 1.63. The summed E-state index contributed by atoms with van der Waals surface area (Å²) in [4.78, 5) is 17.8. The second-order valence-corrected chi connectivity index (χ2v) is 8.23. The summed E-state index contributed by atoms with van der Waals surface area (Å²) in [5, 5.41) is 17.2. The molecule has 0 aliphatic rings. The molecule has 0 atom stereocenters. The highest BCUT2D eigenvalue weighted by Gasteiger charge is 2.14. The molecule has 7 nitrogen and oxygen atoms in total. The van der Waals surface area contributed by atoms with Crippen molar-refractivity contribution in [2.45, 2.75) is 26.5 Å². The van der Waals surface area contributed by atoms with Gasteiger partial charge in [0.1, 0.15) is 17.5 Å². The number of amidine groups is 1. The monoisotopic (exact) mass is 453 g/mol. The molecule has 0 bridgehead atoms. The average Bonchev–Trinajstić information content (AvgIpc) is 2.85. The topological polar surface area (TPSA) is 131 Å². The first-order chi connectivity index (χ1) is 16.4. The van der Waals surface area contributed by atoms with Gasteiger partial charge in [0.2, 0.25) is 0 Å². The van der Waals surface area contributed by atoms with Gasteiger partial charge in [0.05, 0.1) is 18.7 Å². The van der Waals surface area contributed by atoms with Crippen LogP contribution in [0, 0.1) is 12.3 Å². The Morgan fingerprint density at radius 2 is 1.71 bits per heavy atom. The minimum atomic E-state index is -0.176. The van der Waals surface area contributed by atoms with Gasteiger partial charge in [0, 0.05) is 12.0 Å². The fourth-order valence-corrected chi connectivity index (χ4v) is 4.06. The van der Waals surface area contributed by atoms with Crippen LogP contribution in [0.3, 0.4) is 0 Å². The molecule has 1 aromatic heterocycles. The summed E-state index contributed by atoms with van der Waals surface area (Å²) >= 11 is 0. The molecule has 1 heterocycles. The van der Waals surface area contributed by atoms with Crippen LogP contribution in [0.2, 0.25) is 0 Å². The molecule has 172 valence electrons. The van der Waals surface area contributed by atoms with Crippen molar-refractivity contribution in [2.75, 3.05) is 5.73 Å². The fraction of sp³-hybridized carbons (Fsp3) is 0.148. The van der Waals surface area contributed by atoms with Crippen LogP contribution in [0.5, 0.6) is 0 Å². The number of nitrogens with two attached hydrogens (primary N) is 2. The van der Waals surface area contributed by atoms with E-state index in [0.717, 1.165) is 27.8 Å². The van der Waals surface area contributed by atoms with E-state index in [2.05, 4.69) is 4.98 Å². The van der Waals surface area contributed by atoms with Crippen molar-refractivity contribution >= 4 is 11.7 Å². The normalized spacial score (nSPS) is 10.9. The van der Waals surface area contributed by atoms with Crippen molar-refractivity contribution < 1.29 is 5.11 Å². The van der Waals surface area contributed by atoms with Gasteiger partial charge in [-0.15, -0.1) is 0 Å². The van der Waals surface area contributed by atoms with Crippen LogP contribution in [0.25, 0.3) is 11.1 Å². The lowest BCUT2D eigenvalue weighted by molar-refractivity contribution is 0.281. The van der Waals surface area contributed by atoms with E-state index in [1.165, 1.54) is 0 Å². The minimum absolute atomic E-state index is 0.0202. The molecular formula is C27H27N5O2. The van der Waals surface area contributed by atoms with E-state index in [1.54, 1.807) is 11.5 Å². The third-order valence-corrected chi connectivity index (χ3v) is 5.86. The Balaban J connectivity index is 1.64. The second kappa shape index (κ2) is 9.72. The molecule has 0 aliphatic carbocycles. The van der Waals surface area contributed by atoms with Crippen molar-refractivity contribution in [1.29, 1.82) is 5.41 Å². The average molecular weight is 454 g/mol. The summed E-state index contributed by atoms with van der Waals surface area (Å²) in [7, 11) is 0. The van der Waals surface area contributed by atoms with Gasteiger partial charge in [0.15, 0.2) is 0 Å². The van der Waals surface area contributed by atoms with Crippen molar-refractivity contribution in [3.05, 3.63) is 117 Å². The molecule has 0 amide bonds. The van der Waals surface area contributed by atoms with E-state index in [-0.39, 0.29) is 23.8 Å². The highest BCUT2D eigenvalue weighted by atomic mass is 16.3. The van der Waals surface area contributed by atoms with E-state index in [1.807, 2.05) is 72.8 Å². The Bertz CT molecular complexity index is 1410. The zero-order valence-electron chi connectivity index (χ0n) is 19.0. The zero-order chi connectivity index (χ0) is 24.2. The minimum Gasteiger partial charge on any atom is -0.392 e. The van der Waals surface area contributed by atoms with Crippen molar-refractivity contribution in [3.63, 3.8) is 0 Å². The van der Waals surface area contributed by atoms with Gasteiger partial charge in [-0.2, -0.15) is 0 Å². The number of anilines is 1. The fourth-order valence-electron chi connectivity index (χ4n) is 4.06. The van der Waals surface area contributed by atoms with E-state index in [9.17, 15) is 9.90 Å². The van der Waals surface area contributed by atoms with Gasteiger partial charge in [-0.1, -0.05) is 72.8 Å². The SMILES string of the molecule is Cc1nc(N)c(Cc2cccc(CO)c2)c(=O)n1Cc1ccc(-c2ccccc2C(=N)N)cc1. The molecular weight excluding hydrogens is 426 g/mol. The molecule has 0 saturated heterocycles. The molecule has 0 aliphatic heterocycles. The van der Waals surface area contributed by atoms with Crippen LogP contribution in [-0.4, -0.2) is 20.5 Å². The Kier molecular flexibility index (Phi) is 6.56. The number of nitrogen functional groups attached to an aromatic ring is 2. The number of aryl methyl sites for hydroxylation is 1. The van der Waals surface area contributed by atoms with Crippen molar-refractivity contribution in [3.8, 4) is 11.1 Å². The first-order valence-corrected chi connectivity index (χ1v) is 10.9. The molecule has 3 aromatic carbocycles. The number of aliphatic hydroxyl groups excluding tert-OH is 1. The summed E-state index contributed by atoms with van der Waals surface area (Å²) in [6.45, 7) is 2.06. The number of benzene rings is 3. The third-order valence-electron chi connectivity index (χ3n) is 5.86. The quantitative estimate of drug-likeness (QED) is 0.252. The lowest BCUT2D eigenvalue weighted by atomic mass is 9.98. The van der Waals surface area contributed by atoms with E-state index < -0.39 is 0 Å². The molecule has 4 aromatic rings. The number of hydrogen-bond donors (Lipinski definition) is 4. The lowest BCUT2D eigenvalue weighted by Crippen LogP contribution is -2.29. The Hall–Kier alpha value is -4.23. The molecule has 0 unspecified atom stereocenters. The van der Waals surface area contributed by atoms with E-state index >= 15 is 0 Å². The van der Waals surface area contributed by atoms with Gasteiger partial charge in [-0.05, 0) is 34.7 Å². The number of aliphatic hydroxyl groups is 1. The molecule has 0 saturated carbocycles. The summed E-state index contributed by atoms with van der Waals surface area (Å²) in [6, 6.07) is 22.8. The maximum atomic E-state index is 13.3. The maximum absolute atomic E-state index is 13.3. The lowest BCUT2D eigenvalue weighted by Gasteiger charge is -2.14. The van der Waals surface area contributed by atoms with Gasteiger partial charge in [-0.25, -0.2) is 4.98 Å². The van der Waals surface area contributed by atoms with Crippen LogP contribution in [0.1, 0.15) is 33.6 Å². The highest BCUT2D eigenvalue weighted by molar-refractivity contribution is 6.01. The van der Waals surface area contributed by atoms with Gasteiger partial charge < -0.3 is 16.6 Å². The molecule has 34 heavy (non-hydrogen) atoms. The van der Waals surface area contributed by atoms with Crippen LogP contribution in [-0.2, 0) is 19.6 Å². The standard InChI is InChI=1S/C27H27N5O2/c1-17-31-26(30)24(14-19-5-4-6-20(13-19)16-33)27(34)32(17)15-18-9-11-21(12-10-18)22-7-2-3-8-23(22)25(28)29/h2-13,33H,14-16,30H2,1H3,(H3,28,29). The predicted molar refractivity (Wildman–Crippen MR) is 135 cm³/mol. The van der Waals surface area contributed by atoms with Gasteiger partial charge in [0.25, 0.3) is 5.56 Å². The maximum Gasteiger partial charge on any atom is 0.259 e. The van der Waals surface area contributed by atoms with Crippen LogP contribution < -0.4 is 17.0 Å². The summed E-state index contributed by atoms with van der Waals surface area (Å²) in [5.74, 6) is 0.789. The molecule has 0 spiro atoms. The first-order valence-electron chi connectivity index (χ1n) is 10.9. The van der Waals surface area contributed by atoms with Crippen LogP contribution in [0.15, 0.2) is 77.6 Å².